The fraction of sp³-hybridized carbons (Fsp3) is 0.278. The number of halogens is 1. The van der Waals surface area contributed by atoms with Crippen LogP contribution in [0.15, 0.2) is 36.4 Å². The van der Waals surface area contributed by atoms with Gasteiger partial charge >= 0.3 is 0 Å². The third-order valence-corrected chi connectivity index (χ3v) is 3.73. The lowest BCUT2D eigenvalue weighted by atomic mass is 10.1. The van der Waals surface area contributed by atoms with Crippen molar-refractivity contribution in [3.63, 3.8) is 0 Å². The number of hydrogen-bond donors (Lipinski definition) is 2. The van der Waals surface area contributed by atoms with Crippen LogP contribution in [-0.4, -0.2) is 11.5 Å². The normalized spacial score (nSPS) is 11.2. The van der Waals surface area contributed by atoms with Gasteiger partial charge in [-0.3, -0.25) is 4.79 Å². The molecule has 0 aromatic heterocycles. The summed E-state index contributed by atoms with van der Waals surface area (Å²) in [5.41, 5.74) is 8.08. The van der Waals surface area contributed by atoms with Crippen LogP contribution in [0, 0.1) is 13.8 Å². The van der Waals surface area contributed by atoms with Gasteiger partial charge in [0.05, 0.1) is 11.4 Å². The standard InChI is InChI=1S/C18H21ClN2O2/c1-11-9-12(2)16(15(20)10-11)21-17(22)18(3,4)23-14-7-5-13(19)6-8-14/h5-10H,20H2,1-4H3,(H,21,22). The lowest BCUT2D eigenvalue weighted by molar-refractivity contribution is -0.128. The van der Waals surface area contributed by atoms with Gasteiger partial charge in [-0.05, 0) is 69.2 Å². The Balaban J connectivity index is 2.17. The van der Waals surface area contributed by atoms with E-state index in [1.165, 1.54) is 0 Å². The molecular weight excluding hydrogens is 312 g/mol. The van der Waals surface area contributed by atoms with E-state index >= 15 is 0 Å². The van der Waals surface area contributed by atoms with Crippen molar-refractivity contribution in [2.75, 3.05) is 11.1 Å². The zero-order chi connectivity index (χ0) is 17.2. The number of nitrogen functional groups attached to an aromatic ring is 1. The molecule has 0 bridgehead atoms. The molecule has 0 aliphatic heterocycles. The molecule has 0 spiro atoms. The van der Waals surface area contributed by atoms with Gasteiger partial charge in [0.15, 0.2) is 5.60 Å². The summed E-state index contributed by atoms with van der Waals surface area (Å²) >= 11 is 5.85. The second-order valence-electron chi connectivity index (χ2n) is 6.07. The quantitative estimate of drug-likeness (QED) is 0.819. The summed E-state index contributed by atoms with van der Waals surface area (Å²) in [4.78, 5) is 12.6. The van der Waals surface area contributed by atoms with Crippen LogP contribution in [0.2, 0.25) is 5.02 Å². The first-order valence-corrected chi connectivity index (χ1v) is 7.69. The maximum Gasteiger partial charge on any atom is 0.268 e. The van der Waals surface area contributed by atoms with Gasteiger partial charge in [0, 0.05) is 5.02 Å². The summed E-state index contributed by atoms with van der Waals surface area (Å²) in [7, 11) is 0. The van der Waals surface area contributed by atoms with E-state index in [9.17, 15) is 4.79 Å². The van der Waals surface area contributed by atoms with Crippen molar-refractivity contribution in [2.24, 2.45) is 0 Å². The Hall–Kier alpha value is -2.20. The first-order valence-electron chi connectivity index (χ1n) is 7.32. The molecule has 2 rings (SSSR count). The fourth-order valence-corrected chi connectivity index (χ4v) is 2.40. The molecule has 0 heterocycles. The van der Waals surface area contributed by atoms with Crippen LogP contribution in [0.5, 0.6) is 5.75 Å². The molecule has 0 saturated carbocycles. The monoisotopic (exact) mass is 332 g/mol. The van der Waals surface area contributed by atoms with Crippen molar-refractivity contribution in [3.05, 3.63) is 52.5 Å². The summed E-state index contributed by atoms with van der Waals surface area (Å²) in [5, 5.41) is 3.48. The Morgan fingerprint density at radius 3 is 2.35 bits per heavy atom. The number of hydrogen-bond acceptors (Lipinski definition) is 3. The molecule has 23 heavy (non-hydrogen) atoms. The number of benzene rings is 2. The molecule has 0 unspecified atom stereocenters. The number of nitrogens with one attached hydrogen (secondary N) is 1. The number of anilines is 2. The third kappa shape index (κ3) is 4.17. The van der Waals surface area contributed by atoms with Gasteiger partial charge in [-0.1, -0.05) is 17.7 Å². The van der Waals surface area contributed by atoms with Gasteiger partial charge in [0.25, 0.3) is 5.91 Å². The lowest BCUT2D eigenvalue weighted by Crippen LogP contribution is -2.42. The van der Waals surface area contributed by atoms with Gasteiger partial charge in [0.1, 0.15) is 5.75 Å². The topological polar surface area (TPSA) is 64.3 Å². The molecule has 0 aliphatic carbocycles. The van der Waals surface area contributed by atoms with Crippen LogP contribution in [0.3, 0.4) is 0 Å². The average Bonchev–Trinajstić information content (AvgIpc) is 2.44. The molecule has 122 valence electrons. The molecule has 5 heteroatoms. The number of ether oxygens (including phenoxy) is 1. The van der Waals surface area contributed by atoms with Crippen molar-refractivity contribution in [1.29, 1.82) is 0 Å². The first kappa shape index (κ1) is 17.2. The summed E-state index contributed by atoms with van der Waals surface area (Å²) < 4.78 is 5.78. The number of carbonyl (C=O) groups excluding carboxylic acids is 1. The summed E-state index contributed by atoms with van der Waals surface area (Å²) in [6.45, 7) is 7.28. The van der Waals surface area contributed by atoms with Crippen molar-refractivity contribution < 1.29 is 9.53 Å². The van der Waals surface area contributed by atoms with Gasteiger partial charge < -0.3 is 15.8 Å². The van der Waals surface area contributed by atoms with Crippen LogP contribution in [0.25, 0.3) is 0 Å². The highest BCUT2D eigenvalue weighted by atomic mass is 35.5. The second kappa shape index (κ2) is 6.50. The molecule has 0 aliphatic rings. The zero-order valence-corrected chi connectivity index (χ0v) is 14.5. The number of carbonyl (C=O) groups is 1. The Morgan fingerprint density at radius 2 is 1.78 bits per heavy atom. The SMILES string of the molecule is Cc1cc(C)c(NC(=O)C(C)(C)Oc2ccc(Cl)cc2)c(N)c1. The second-order valence-corrected chi connectivity index (χ2v) is 6.50. The Bertz CT molecular complexity index is 701. The number of amides is 1. The molecule has 0 fully saturated rings. The minimum atomic E-state index is -1.06. The smallest absolute Gasteiger partial charge is 0.268 e. The Morgan fingerprint density at radius 1 is 1.17 bits per heavy atom. The van der Waals surface area contributed by atoms with Crippen LogP contribution in [0.1, 0.15) is 25.0 Å². The van der Waals surface area contributed by atoms with Crippen molar-refractivity contribution in [3.8, 4) is 5.75 Å². The van der Waals surface area contributed by atoms with Gasteiger partial charge in [-0.2, -0.15) is 0 Å². The molecular formula is C18H21ClN2O2. The highest BCUT2D eigenvalue weighted by Crippen LogP contribution is 2.27. The predicted molar refractivity (Wildman–Crippen MR) is 95.1 cm³/mol. The predicted octanol–water partition coefficient (Wildman–Crippen LogP) is 4.34. The number of aryl methyl sites for hydroxylation is 2. The minimum Gasteiger partial charge on any atom is -0.478 e. The van der Waals surface area contributed by atoms with Crippen molar-refractivity contribution in [2.45, 2.75) is 33.3 Å². The first-order chi connectivity index (χ1) is 10.7. The summed E-state index contributed by atoms with van der Waals surface area (Å²) in [5.74, 6) is 0.300. The van der Waals surface area contributed by atoms with E-state index < -0.39 is 5.60 Å². The van der Waals surface area contributed by atoms with E-state index in [1.54, 1.807) is 38.1 Å². The van der Waals surface area contributed by atoms with E-state index in [0.717, 1.165) is 11.1 Å². The van der Waals surface area contributed by atoms with Crippen LogP contribution in [0.4, 0.5) is 11.4 Å². The van der Waals surface area contributed by atoms with E-state index in [2.05, 4.69) is 5.32 Å². The Kier molecular flexibility index (Phi) is 4.85. The molecule has 2 aromatic carbocycles. The van der Waals surface area contributed by atoms with Crippen LogP contribution >= 0.6 is 11.6 Å². The van der Waals surface area contributed by atoms with E-state index in [4.69, 9.17) is 22.1 Å². The van der Waals surface area contributed by atoms with Gasteiger partial charge in [-0.15, -0.1) is 0 Å². The molecule has 4 nitrogen and oxygen atoms in total. The van der Waals surface area contributed by atoms with E-state index in [-0.39, 0.29) is 5.91 Å². The average molecular weight is 333 g/mol. The maximum atomic E-state index is 12.6. The lowest BCUT2D eigenvalue weighted by Gasteiger charge is -2.26. The van der Waals surface area contributed by atoms with E-state index in [1.807, 2.05) is 26.0 Å². The molecule has 2 aromatic rings. The third-order valence-electron chi connectivity index (χ3n) is 3.48. The van der Waals surface area contributed by atoms with Crippen LogP contribution in [-0.2, 0) is 4.79 Å². The minimum absolute atomic E-state index is 0.272. The van der Waals surface area contributed by atoms with Crippen LogP contribution < -0.4 is 15.8 Å². The molecule has 3 N–H and O–H groups in total. The maximum absolute atomic E-state index is 12.6. The van der Waals surface area contributed by atoms with Crippen molar-refractivity contribution >= 4 is 28.9 Å². The molecule has 0 radical (unpaired) electrons. The molecule has 0 atom stereocenters. The van der Waals surface area contributed by atoms with Gasteiger partial charge in [0.2, 0.25) is 0 Å². The molecule has 0 saturated heterocycles. The Labute approximate surface area is 141 Å². The van der Waals surface area contributed by atoms with E-state index in [0.29, 0.717) is 22.1 Å². The fourth-order valence-electron chi connectivity index (χ4n) is 2.28. The highest BCUT2D eigenvalue weighted by molar-refractivity contribution is 6.30. The highest BCUT2D eigenvalue weighted by Gasteiger charge is 2.30. The zero-order valence-electron chi connectivity index (χ0n) is 13.7. The number of nitrogens with two attached hydrogens (primary N) is 1. The van der Waals surface area contributed by atoms with Crippen molar-refractivity contribution in [1.82, 2.24) is 0 Å². The molecule has 1 amide bonds. The number of rotatable bonds is 4. The van der Waals surface area contributed by atoms with Gasteiger partial charge in [-0.25, -0.2) is 0 Å². The summed E-state index contributed by atoms with van der Waals surface area (Å²) in [6, 6.07) is 10.7. The largest absolute Gasteiger partial charge is 0.478 e. The summed E-state index contributed by atoms with van der Waals surface area (Å²) in [6.07, 6.45) is 0.